The molecule has 0 fully saturated rings. The fourth-order valence-corrected chi connectivity index (χ4v) is 2.90. The molecule has 3 nitrogen and oxygen atoms in total. The molecular weight excluding hydrogens is 293 g/mol. The number of nitrogens with one attached hydrogen (secondary N) is 1. The third-order valence-electron chi connectivity index (χ3n) is 3.39. The number of aromatic nitrogens is 2. The first kappa shape index (κ1) is 15.4. The second-order valence-corrected chi connectivity index (χ2v) is 5.59. The molecule has 0 radical (unpaired) electrons. The molecule has 1 aromatic carbocycles. The van der Waals surface area contributed by atoms with Gasteiger partial charge in [0.25, 0.3) is 0 Å². The average molecular weight is 312 g/mol. The summed E-state index contributed by atoms with van der Waals surface area (Å²) in [6, 6.07) is 8.03. The molecule has 1 N–H and O–H groups in total. The highest BCUT2D eigenvalue weighted by Crippen LogP contribution is 2.29. The Bertz CT molecular complexity index is 593. The van der Waals surface area contributed by atoms with Crippen LogP contribution in [0.4, 0.5) is 0 Å². The summed E-state index contributed by atoms with van der Waals surface area (Å²) in [4.78, 5) is 0. The van der Waals surface area contributed by atoms with Crippen LogP contribution < -0.4 is 5.32 Å². The lowest BCUT2D eigenvalue weighted by molar-refractivity contribution is 0.529. The van der Waals surface area contributed by atoms with E-state index < -0.39 is 0 Å². The Kier molecular flexibility index (Phi) is 5.08. The summed E-state index contributed by atoms with van der Waals surface area (Å²) in [5, 5.41) is 9.34. The van der Waals surface area contributed by atoms with Crippen LogP contribution in [0.5, 0.6) is 0 Å². The minimum absolute atomic E-state index is 0.126. The topological polar surface area (TPSA) is 29.9 Å². The summed E-state index contributed by atoms with van der Waals surface area (Å²) in [7, 11) is 1.92. The van der Waals surface area contributed by atoms with Crippen LogP contribution in [-0.2, 0) is 13.5 Å². The summed E-state index contributed by atoms with van der Waals surface area (Å²) in [6.45, 7) is 4.87. The van der Waals surface area contributed by atoms with E-state index in [1.807, 2.05) is 42.9 Å². The number of likely N-dealkylation sites (N-methyl/N-ethyl adjacent to an activating group) is 1. The van der Waals surface area contributed by atoms with Gasteiger partial charge in [-0.2, -0.15) is 5.10 Å². The number of halogens is 2. The van der Waals surface area contributed by atoms with Gasteiger partial charge in [-0.1, -0.05) is 48.3 Å². The molecule has 0 saturated carbocycles. The Morgan fingerprint density at radius 2 is 2.00 bits per heavy atom. The van der Waals surface area contributed by atoms with Crippen LogP contribution in [0.25, 0.3) is 0 Å². The predicted octanol–water partition coefficient (Wildman–Crippen LogP) is 3.93. The third kappa shape index (κ3) is 3.17. The van der Waals surface area contributed by atoms with Gasteiger partial charge in [-0.25, -0.2) is 0 Å². The molecule has 0 saturated heterocycles. The Hall–Kier alpha value is -1.03. The first-order valence-corrected chi connectivity index (χ1v) is 7.46. The van der Waals surface area contributed by atoms with Crippen molar-refractivity contribution in [2.24, 2.45) is 7.05 Å². The summed E-state index contributed by atoms with van der Waals surface area (Å²) in [6.07, 6.45) is 0.758. The van der Waals surface area contributed by atoms with E-state index in [9.17, 15) is 0 Å². The Morgan fingerprint density at radius 3 is 2.55 bits per heavy atom. The lowest BCUT2D eigenvalue weighted by atomic mass is 10.0. The Balaban J connectivity index is 2.33. The molecule has 2 aromatic rings. The number of hydrogen-bond donors (Lipinski definition) is 1. The van der Waals surface area contributed by atoms with Crippen molar-refractivity contribution in [3.8, 4) is 0 Å². The average Bonchev–Trinajstić information content (AvgIpc) is 2.65. The molecule has 0 aliphatic carbocycles. The van der Waals surface area contributed by atoms with E-state index in [0.717, 1.165) is 40.0 Å². The van der Waals surface area contributed by atoms with Crippen molar-refractivity contribution in [3.05, 3.63) is 51.3 Å². The van der Waals surface area contributed by atoms with E-state index in [-0.39, 0.29) is 6.04 Å². The molecule has 108 valence electrons. The van der Waals surface area contributed by atoms with Crippen molar-refractivity contribution < 1.29 is 0 Å². The third-order valence-corrected chi connectivity index (χ3v) is 4.23. The van der Waals surface area contributed by atoms with E-state index >= 15 is 0 Å². The molecule has 0 spiro atoms. The zero-order valence-corrected chi connectivity index (χ0v) is 13.5. The van der Waals surface area contributed by atoms with Gasteiger partial charge in [0.05, 0.1) is 16.4 Å². The van der Waals surface area contributed by atoms with E-state index in [0.29, 0.717) is 0 Å². The maximum absolute atomic E-state index is 6.34. The first-order chi connectivity index (χ1) is 9.54. The molecule has 1 atom stereocenters. The minimum atomic E-state index is 0.126. The lowest BCUT2D eigenvalue weighted by Crippen LogP contribution is -2.24. The molecule has 1 unspecified atom stereocenters. The predicted molar refractivity (Wildman–Crippen MR) is 84.5 cm³/mol. The molecule has 1 aromatic heterocycles. The number of hydrogen-bond acceptors (Lipinski definition) is 2. The van der Waals surface area contributed by atoms with Gasteiger partial charge in [-0.15, -0.1) is 0 Å². The normalized spacial score (nSPS) is 12.7. The van der Waals surface area contributed by atoms with Gasteiger partial charge in [0.2, 0.25) is 0 Å². The van der Waals surface area contributed by atoms with Crippen LogP contribution in [-0.4, -0.2) is 16.3 Å². The summed E-state index contributed by atoms with van der Waals surface area (Å²) >= 11 is 12.7. The maximum atomic E-state index is 6.34. The number of rotatable bonds is 5. The van der Waals surface area contributed by atoms with E-state index in [2.05, 4.69) is 17.3 Å². The van der Waals surface area contributed by atoms with Crippen molar-refractivity contribution in [3.63, 3.8) is 0 Å². The highest BCUT2D eigenvalue weighted by molar-refractivity contribution is 6.32. The second kappa shape index (κ2) is 6.61. The van der Waals surface area contributed by atoms with Gasteiger partial charge < -0.3 is 5.32 Å². The molecule has 0 bridgehead atoms. The van der Waals surface area contributed by atoms with E-state index in [1.165, 1.54) is 0 Å². The quantitative estimate of drug-likeness (QED) is 0.906. The van der Waals surface area contributed by atoms with Gasteiger partial charge >= 0.3 is 0 Å². The zero-order valence-electron chi connectivity index (χ0n) is 12.0. The van der Waals surface area contributed by atoms with Crippen molar-refractivity contribution in [2.75, 3.05) is 6.54 Å². The van der Waals surface area contributed by atoms with E-state index in [1.54, 1.807) is 0 Å². The van der Waals surface area contributed by atoms with Gasteiger partial charge in [0.1, 0.15) is 0 Å². The molecular formula is C15H19Cl2N3. The number of aryl methyl sites for hydroxylation is 2. The van der Waals surface area contributed by atoms with Crippen LogP contribution in [0.3, 0.4) is 0 Å². The number of nitrogens with zero attached hydrogens (tertiary/aromatic N) is 2. The van der Waals surface area contributed by atoms with Crippen LogP contribution in [0.1, 0.15) is 29.9 Å². The molecule has 0 aliphatic rings. The minimum Gasteiger partial charge on any atom is -0.310 e. The number of benzene rings is 1. The molecule has 20 heavy (non-hydrogen) atoms. The standard InChI is InChI=1S/C15H19Cl2N3/c1-4-18-13(11-7-5-6-8-12(11)16)9-14-15(17)10(2)19-20(14)3/h5-8,13,18H,4,9H2,1-3H3. The zero-order chi connectivity index (χ0) is 14.7. The molecule has 0 amide bonds. The van der Waals surface area contributed by atoms with Crippen molar-refractivity contribution in [1.82, 2.24) is 15.1 Å². The highest BCUT2D eigenvalue weighted by atomic mass is 35.5. The van der Waals surface area contributed by atoms with Gasteiger partial charge in [-0.3, -0.25) is 4.68 Å². The molecule has 0 aliphatic heterocycles. The molecule has 5 heteroatoms. The summed E-state index contributed by atoms with van der Waals surface area (Å²) in [5.74, 6) is 0. The molecule has 2 rings (SSSR count). The summed E-state index contributed by atoms with van der Waals surface area (Å²) in [5.41, 5.74) is 2.97. The first-order valence-electron chi connectivity index (χ1n) is 6.70. The van der Waals surface area contributed by atoms with Crippen LogP contribution in [0, 0.1) is 6.92 Å². The largest absolute Gasteiger partial charge is 0.310 e. The van der Waals surface area contributed by atoms with Gasteiger partial charge in [-0.05, 0) is 25.1 Å². The van der Waals surface area contributed by atoms with Gasteiger partial charge in [0.15, 0.2) is 0 Å². The lowest BCUT2D eigenvalue weighted by Gasteiger charge is -2.20. The fourth-order valence-electron chi connectivity index (χ4n) is 2.39. The second-order valence-electron chi connectivity index (χ2n) is 4.81. The van der Waals surface area contributed by atoms with Crippen molar-refractivity contribution in [2.45, 2.75) is 26.3 Å². The van der Waals surface area contributed by atoms with Crippen LogP contribution in [0.2, 0.25) is 10.0 Å². The SMILES string of the molecule is CCNC(Cc1c(Cl)c(C)nn1C)c1ccccc1Cl. The van der Waals surface area contributed by atoms with Crippen molar-refractivity contribution in [1.29, 1.82) is 0 Å². The Labute approximate surface area is 129 Å². The van der Waals surface area contributed by atoms with E-state index in [4.69, 9.17) is 23.2 Å². The Morgan fingerprint density at radius 1 is 1.30 bits per heavy atom. The van der Waals surface area contributed by atoms with Crippen molar-refractivity contribution >= 4 is 23.2 Å². The van der Waals surface area contributed by atoms with Crippen LogP contribution in [0.15, 0.2) is 24.3 Å². The van der Waals surface area contributed by atoms with Gasteiger partial charge in [0, 0.05) is 24.5 Å². The smallest absolute Gasteiger partial charge is 0.0847 e. The monoisotopic (exact) mass is 311 g/mol. The van der Waals surface area contributed by atoms with Crippen LogP contribution >= 0.6 is 23.2 Å². The molecule has 1 heterocycles. The summed E-state index contributed by atoms with van der Waals surface area (Å²) < 4.78 is 1.85. The fraction of sp³-hybridized carbons (Fsp3) is 0.400. The highest BCUT2D eigenvalue weighted by Gasteiger charge is 2.19. The maximum Gasteiger partial charge on any atom is 0.0847 e.